The van der Waals surface area contributed by atoms with Gasteiger partial charge in [0.15, 0.2) is 0 Å². The number of benzene rings is 1. The van der Waals surface area contributed by atoms with Gasteiger partial charge in [0, 0.05) is 12.3 Å². The molecule has 0 saturated carbocycles. The van der Waals surface area contributed by atoms with E-state index in [2.05, 4.69) is 11.6 Å². The maximum absolute atomic E-state index is 13.3. The Morgan fingerprint density at radius 3 is 2.64 bits per heavy atom. The van der Waals surface area contributed by atoms with Crippen LogP contribution in [-0.4, -0.2) is 62.4 Å². The number of epoxide rings is 1. The number of hydrogen-bond donors (Lipinski definition) is 4. The van der Waals surface area contributed by atoms with Crippen LogP contribution in [0, 0.1) is 24.2 Å². The van der Waals surface area contributed by atoms with Crippen molar-refractivity contribution < 1.29 is 29.6 Å². The number of nitrogens with two attached hydrogens (primary N) is 1. The number of ketones is 1. The number of hydrogen-bond acceptors (Lipinski definition) is 9. The molecule has 8 atom stereocenters. The molecule has 0 bridgehead atoms. The number of carbonyl (C=O) groups excluding carboxylic acids is 2. The molecule has 1 aromatic heterocycles. The van der Waals surface area contributed by atoms with Crippen LogP contribution in [-0.2, 0) is 14.3 Å². The van der Waals surface area contributed by atoms with Gasteiger partial charge in [0.2, 0.25) is 0 Å². The summed E-state index contributed by atoms with van der Waals surface area (Å²) in [7, 11) is 0. The zero-order valence-corrected chi connectivity index (χ0v) is 24.5. The van der Waals surface area contributed by atoms with Crippen molar-refractivity contribution in [3.05, 3.63) is 41.4 Å². The van der Waals surface area contributed by atoms with Crippen LogP contribution in [0.4, 0.5) is 0 Å². The Morgan fingerprint density at radius 2 is 2.00 bits per heavy atom. The van der Waals surface area contributed by atoms with Crippen LogP contribution in [0.1, 0.15) is 76.4 Å². The van der Waals surface area contributed by atoms with Crippen LogP contribution < -0.4 is 5.73 Å². The van der Waals surface area contributed by atoms with E-state index in [9.17, 15) is 24.9 Å². The van der Waals surface area contributed by atoms with Crippen molar-refractivity contribution in [3.63, 3.8) is 0 Å². The normalized spacial score (nSPS) is 24.0. The minimum atomic E-state index is -1.17. The number of allylic oxidation sites excluding steroid dienone is 1. The number of nitrogens with zero attached hydrogens (tertiary/aromatic N) is 1. The summed E-state index contributed by atoms with van der Waals surface area (Å²) in [6.45, 7) is 12.8. The minimum Gasteiger partial charge on any atom is -0.392 e. The number of aldehydes is 1. The van der Waals surface area contributed by atoms with Gasteiger partial charge in [-0.05, 0) is 56.7 Å². The van der Waals surface area contributed by atoms with Gasteiger partial charge in [-0.15, -0.1) is 17.9 Å². The molecule has 39 heavy (non-hydrogen) atoms. The van der Waals surface area contributed by atoms with Crippen molar-refractivity contribution >= 4 is 33.6 Å². The third-order valence-corrected chi connectivity index (χ3v) is 9.35. The van der Waals surface area contributed by atoms with Crippen LogP contribution in [0.25, 0.3) is 10.2 Å². The Balaban J connectivity index is 1.55. The summed E-state index contributed by atoms with van der Waals surface area (Å²) in [4.78, 5) is 28.7. The van der Waals surface area contributed by atoms with Gasteiger partial charge >= 0.3 is 0 Å². The number of ether oxygens (including phenoxy) is 1. The lowest BCUT2D eigenvalue weighted by molar-refractivity contribution is -0.142. The van der Waals surface area contributed by atoms with Gasteiger partial charge in [-0.25, -0.2) is 4.98 Å². The van der Waals surface area contributed by atoms with Gasteiger partial charge in [-0.3, -0.25) is 4.79 Å². The molecule has 0 amide bonds. The van der Waals surface area contributed by atoms with Crippen LogP contribution >= 0.6 is 11.3 Å². The molecule has 9 heteroatoms. The predicted octanol–water partition coefficient (Wildman–Crippen LogP) is 4.03. The van der Waals surface area contributed by atoms with E-state index >= 15 is 0 Å². The molecule has 0 aliphatic carbocycles. The van der Waals surface area contributed by atoms with E-state index in [1.54, 1.807) is 31.3 Å². The third-order valence-electron chi connectivity index (χ3n) is 8.40. The fourth-order valence-electron chi connectivity index (χ4n) is 5.49. The first-order valence-electron chi connectivity index (χ1n) is 13.7. The van der Waals surface area contributed by atoms with Crippen LogP contribution in [0.15, 0.2) is 30.9 Å². The highest BCUT2D eigenvalue weighted by atomic mass is 32.1. The number of thiazole rings is 1. The van der Waals surface area contributed by atoms with Crippen molar-refractivity contribution in [1.82, 2.24) is 4.98 Å². The molecule has 0 radical (unpaired) electrons. The van der Waals surface area contributed by atoms with E-state index in [1.807, 2.05) is 39.0 Å². The van der Waals surface area contributed by atoms with Crippen molar-refractivity contribution in [2.45, 2.75) is 103 Å². The Kier molecular flexibility index (Phi) is 10.2. The quantitative estimate of drug-likeness (QED) is 0.137. The Bertz CT molecular complexity index is 1170. The maximum atomic E-state index is 13.3. The molecule has 8 unspecified atom stereocenters. The first-order chi connectivity index (χ1) is 18.3. The van der Waals surface area contributed by atoms with E-state index < -0.39 is 47.4 Å². The van der Waals surface area contributed by atoms with E-state index in [-0.39, 0.29) is 24.5 Å². The number of aliphatic hydroxyl groups is 3. The summed E-state index contributed by atoms with van der Waals surface area (Å²) in [5, 5.41) is 33.4. The number of Topliss-reactive ketones (excluding diaryl/α,β-unsaturated/α-hetero) is 1. The Hall–Kier alpha value is -2.01. The highest BCUT2D eigenvalue weighted by molar-refractivity contribution is 7.18. The summed E-state index contributed by atoms with van der Waals surface area (Å²) in [6, 6.07) is 5.23. The summed E-state index contributed by atoms with van der Waals surface area (Å²) < 4.78 is 7.01. The topological polar surface area (TPSA) is 146 Å². The average Bonchev–Trinajstić information content (AvgIpc) is 3.41. The zero-order valence-electron chi connectivity index (χ0n) is 23.7. The van der Waals surface area contributed by atoms with E-state index in [0.717, 1.165) is 27.2 Å². The van der Waals surface area contributed by atoms with Crippen LogP contribution in [0.3, 0.4) is 0 Å². The number of aliphatic hydroxyl groups excluding tert-OH is 3. The second kappa shape index (κ2) is 12.7. The zero-order chi connectivity index (χ0) is 29.1. The average molecular weight is 561 g/mol. The standard InChI is InChI=1S/C30H44N2O6S/c1-7-9-20(27(37)29(4,5)23(34)13-15-33)25(35)17(2)10-8-14-30(6)28(38-30)26(36)24(31)19-11-12-22-21(16-19)32-18(3)39-22/h7,11-12,15-17,20,23-26,28,34-36H,1,8-10,13-14,31H2,2-6H3. The maximum Gasteiger partial charge on any atom is 0.147 e. The molecule has 216 valence electrons. The minimum absolute atomic E-state index is 0.139. The highest BCUT2D eigenvalue weighted by Crippen LogP contribution is 2.45. The molecule has 1 aromatic carbocycles. The molecule has 1 fully saturated rings. The number of carbonyl (C=O) groups is 2. The summed E-state index contributed by atoms with van der Waals surface area (Å²) in [5.74, 6) is -1.20. The summed E-state index contributed by atoms with van der Waals surface area (Å²) in [5.41, 5.74) is 6.42. The van der Waals surface area contributed by atoms with E-state index in [4.69, 9.17) is 10.5 Å². The molecule has 1 aliphatic heterocycles. The van der Waals surface area contributed by atoms with Crippen molar-refractivity contribution in [1.29, 1.82) is 0 Å². The first kappa shape index (κ1) is 31.5. The monoisotopic (exact) mass is 560 g/mol. The molecule has 2 heterocycles. The van der Waals surface area contributed by atoms with Crippen molar-refractivity contribution in [2.24, 2.45) is 23.0 Å². The lowest BCUT2D eigenvalue weighted by atomic mass is 9.71. The highest BCUT2D eigenvalue weighted by Gasteiger charge is 2.56. The second-order valence-corrected chi connectivity index (χ2v) is 13.1. The smallest absolute Gasteiger partial charge is 0.147 e. The Morgan fingerprint density at radius 1 is 1.31 bits per heavy atom. The molecule has 0 spiro atoms. The molecule has 2 aromatic rings. The fraction of sp³-hybridized carbons (Fsp3) is 0.633. The van der Waals surface area contributed by atoms with E-state index in [0.29, 0.717) is 19.1 Å². The summed E-state index contributed by atoms with van der Waals surface area (Å²) in [6.07, 6.45) is 1.07. The number of aromatic nitrogens is 1. The van der Waals surface area contributed by atoms with Crippen LogP contribution in [0.5, 0.6) is 0 Å². The number of aryl methyl sites for hydroxylation is 1. The van der Waals surface area contributed by atoms with Gasteiger partial charge in [0.05, 0.1) is 44.5 Å². The summed E-state index contributed by atoms with van der Waals surface area (Å²) >= 11 is 1.62. The molecule has 1 saturated heterocycles. The van der Waals surface area contributed by atoms with Crippen molar-refractivity contribution in [3.8, 4) is 0 Å². The molecule has 1 aliphatic rings. The molecule has 3 rings (SSSR count). The van der Waals surface area contributed by atoms with Gasteiger partial charge < -0.3 is 30.6 Å². The molecular weight excluding hydrogens is 516 g/mol. The SMILES string of the molecule is C=CCC(C(=O)C(C)(C)C(O)CC=O)C(O)C(C)CCCC1(C)OC1C(O)C(N)c1ccc2sc(C)nc2c1. The van der Waals surface area contributed by atoms with Gasteiger partial charge in [0.25, 0.3) is 0 Å². The van der Waals surface area contributed by atoms with E-state index in [1.165, 1.54) is 0 Å². The lowest BCUT2D eigenvalue weighted by Gasteiger charge is -2.35. The lowest BCUT2D eigenvalue weighted by Crippen LogP contribution is -2.45. The Labute approximate surface area is 235 Å². The molecular formula is C30H44N2O6S. The molecule has 8 nitrogen and oxygen atoms in total. The largest absolute Gasteiger partial charge is 0.392 e. The second-order valence-electron chi connectivity index (χ2n) is 11.8. The van der Waals surface area contributed by atoms with Crippen LogP contribution in [0.2, 0.25) is 0 Å². The van der Waals surface area contributed by atoms with Gasteiger partial charge in [-0.1, -0.05) is 39.3 Å². The number of rotatable bonds is 16. The predicted molar refractivity (Wildman–Crippen MR) is 153 cm³/mol. The van der Waals surface area contributed by atoms with Crippen molar-refractivity contribution in [2.75, 3.05) is 0 Å². The first-order valence-corrected chi connectivity index (χ1v) is 14.5. The number of fused-ring (bicyclic) bond motifs is 1. The van der Waals surface area contributed by atoms with Gasteiger partial charge in [-0.2, -0.15) is 0 Å². The fourth-order valence-corrected chi connectivity index (χ4v) is 6.30. The third kappa shape index (κ3) is 7.01. The molecule has 5 N–H and O–H groups in total. The van der Waals surface area contributed by atoms with Gasteiger partial charge in [0.1, 0.15) is 24.3 Å².